The number of nitrogens with zero attached hydrogens (tertiary/aromatic N) is 4. The van der Waals surface area contributed by atoms with Crippen molar-refractivity contribution in [3.63, 3.8) is 0 Å². The first-order chi connectivity index (χ1) is 18.1. The van der Waals surface area contributed by atoms with Crippen molar-refractivity contribution in [1.29, 1.82) is 0 Å². The van der Waals surface area contributed by atoms with Crippen LogP contribution in [0.5, 0.6) is 11.5 Å². The predicted molar refractivity (Wildman–Crippen MR) is 147 cm³/mol. The summed E-state index contributed by atoms with van der Waals surface area (Å²) in [7, 11) is 0. The molecule has 0 unspecified atom stereocenters. The summed E-state index contributed by atoms with van der Waals surface area (Å²) in [5.41, 5.74) is 5.03. The molecule has 4 aromatic rings. The summed E-state index contributed by atoms with van der Waals surface area (Å²) in [5.74, 6) is 1.93. The first-order valence-corrected chi connectivity index (χ1v) is 13.1. The number of carbonyl (C=O) groups excluding carboxylic acids is 1. The average molecular weight is 536 g/mol. The van der Waals surface area contributed by atoms with E-state index in [2.05, 4.69) is 20.7 Å². The molecule has 0 saturated heterocycles. The van der Waals surface area contributed by atoms with E-state index in [4.69, 9.17) is 21.1 Å². The summed E-state index contributed by atoms with van der Waals surface area (Å²) in [6, 6.07) is 22.5. The Hall–Kier alpha value is -3.82. The topological polar surface area (TPSA) is 90.6 Å². The Morgan fingerprint density at radius 1 is 1.00 bits per heavy atom. The fourth-order valence-corrected chi connectivity index (χ4v) is 4.32. The molecule has 0 atom stereocenters. The van der Waals surface area contributed by atoms with Gasteiger partial charge in [0.1, 0.15) is 11.5 Å². The molecule has 8 nitrogen and oxygen atoms in total. The molecule has 1 N–H and O–H groups in total. The standard InChI is InChI=1S/C27H26ClN5O3S/c1-3-35-23-15-13-22(14-16-23)33-26(19-9-11-21(28)12-10-19)31-32-27(33)37-18-25(34)30-29-17-20-7-5-6-8-24(20)36-4-2/h5-17H,3-4,18H2,1-2H3,(H,30,34)/b29-17-. The van der Waals surface area contributed by atoms with Crippen molar-refractivity contribution in [3.05, 3.63) is 83.4 Å². The second-order valence-corrected chi connectivity index (χ2v) is 9.01. The van der Waals surface area contributed by atoms with Crippen molar-refractivity contribution >= 4 is 35.5 Å². The summed E-state index contributed by atoms with van der Waals surface area (Å²) >= 11 is 7.34. The highest BCUT2D eigenvalue weighted by molar-refractivity contribution is 7.99. The van der Waals surface area contributed by atoms with E-state index in [0.717, 1.165) is 22.6 Å². The van der Waals surface area contributed by atoms with Crippen molar-refractivity contribution in [1.82, 2.24) is 20.2 Å². The zero-order valence-electron chi connectivity index (χ0n) is 20.4. The number of para-hydroxylation sites is 1. The summed E-state index contributed by atoms with van der Waals surface area (Å²) in [6.45, 7) is 4.98. The second-order valence-electron chi connectivity index (χ2n) is 7.63. The van der Waals surface area contributed by atoms with Crippen molar-refractivity contribution < 1.29 is 14.3 Å². The normalized spacial score (nSPS) is 11.0. The van der Waals surface area contributed by atoms with Crippen LogP contribution < -0.4 is 14.9 Å². The zero-order chi connectivity index (χ0) is 26.0. The maximum Gasteiger partial charge on any atom is 0.250 e. The molecule has 0 aliphatic heterocycles. The lowest BCUT2D eigenvalue weighted by Gasteiger charge is -2.11. The van der Waals surface area contributed by atoms with Crippen LogP contribution in [0, 0.1) is 0 Å². The first-order valence-electron chi connectivity index (χ1n) is 11.7. The molecule has 1 aromatic heterocycles. The molecule has 0 radical (unpaired) electrons. The number of thioether (sulfide) groups is 1. The lowest BCUT2D eigenvalue weighted by molar-refractivity contribution is -0.118. The van der Waals surface area contributed by atoms with Crippen molar-refractivity contribution in [2.45, 2.75) is 19.0 Å². The third-order valence-corrected chi connectivity index (χ3v) is 6.27. The number of rotatable bonds is 11. The van der Waals surface area contributed by atoms with E-state index in [1.165, 1.54) is 11.8 Å². The van der Waals surface area contributed by atoms with E-state index < -0.39 is 0 Å². The molecule has 0 aliphatic carbocycles. The Labute approximate surface area is 224 Å². The third kappa shape index (κ3) is 6.90. The van der Waals surface area contributed by atoms with Crippen molar-refractivity contribution in [2.75, 3.05) is 19.0 Å². The van der Waals surface area contributed by atoms with Crippen molar-refractivity contribution in [3.8, 4) is 28.6 Å². The molecule has 1 heterocycles. The van der Waals surface area contributed by atoms with Crippen LogP contribution in [0.3, 0.4) is 0 Å². The number of carbonyl (C=O) groups is 1. The van der Waals surface area contributed by atoms with Crippen LogP contribution in [0.15, 0.2) is 83.1 Å². The van der Waals surface area contributed by atoms with Crippen molar-refractivity contribution in [2.24, 2.45) is 5.10 Å². The van der Waals surface area contributed by atoms with Gasteiger partial charge in [0.2, 0.25) is 0 Å². The van der Waals surface area contributed by atoms with E-state index in [-0.39, 0.29) is 11.7 Å². The minimum atomic E-state index is -0.274. The molecule has 1 amide bonds. The Balaban J connectivity index is 1.51. The van der Waals surface area contributed by atoms with E-state index in [1.807, 2.05) is 79.1 Å². The average Bonchev–Trinajstić information content (AvgIpc) is 3.33. The van der Waals surface area contributed by atoms with Gasteiger partial charge >= 0.3 is 0 Å². The van der Waals surface area contributed by atoms with Gasteiger partial charge in [0.15, 0.2) is 11.0 Å². The maximum atomic E-state index is 12.5. The quantitative estimate of drug-likeness (QED) is 0.152. The summed E-state index contributed by atoms with van der Waals surface area (Å²) in [6.07, 6.45) is 1.56. The van der Waals surface area contributed by atoms with Gasteiger partial charge in [-0.25, -0.2) is 5.43 Å². The largest absolute Gasteiger partial charge is 0.494 e. The van der Waals surface area contributed by atoms with E-state index in [1.54, 1.807) is 18.3 Å². The molecular weight excluding hydrogens is 510 g/mol. The Bertz CT molecular complexity index is 1360. The highest BCUT2D eigenvalue weighted by Crippen LogP contribution is 2.29. The zero-order valence-corrected chi connectivity index (χ0v) is 22.0. The number of amides is 1. The van der Waals surface area contributed by atoms with Crippen LogP contribution in [0.1, 0.15) is 19.4 Å². The lowest BCUT2D eigenvalue weighted by atomic mass is 10.2. The number of aromatic nitrogens is 3. The molecule has 0 fully saturated rings. The molecule has 10 heteroatoms. The fraction of sp³-hybridized carbons (Fsp3) is 0.185. The van der Waals surface area contributed by atoms with Crippen LogP contribution in [-0.2, 0) is 4.79 Å². The van der Waals surface area contributed by atoms with Gasteiger partial charge in [-0.3, -0.25) is 9.36 Å². The van der Waals surface area contributed by atoms with E-state index in [9.17, 15) is 4.79 Å². The predicted octanol–water partition coefficient (Wildman–Crippen LogP) is 5.63. The number of hydrazone groups is 1. The van der Waals surface area contributed by atoms with Crippen LogP contribution in [0.4, 0.5) is 0 Å². The Morgan fingerprint density at radius 3 is 2.46 bits per heavy atom. The number of hydrogen-bond donors (Lipinski definition) is 1. The lowest BCUT2D eigenvalue weighted by Crippen LogP contribution is -2.20. The number of nitrogens with one attached hydrogen (secondary N) is 1. The first kappa shape index (κ1) is 26.2. The highest BCUT2D eigenvalue weighted by Gasteiger charge is 2.17. The van der Waals surface area contributed by atoms with Gasteiger partial charge in [-0.05, 0) is 74.5 Å². The van der Waals surface area contributed by atoms with Crippen LogP contribution in [0.25, 0.3) is 17.1 Å². The Kier molecular flexibility index (Phi) is 9.18. The minimum Gasteiger partial charge on any atom is -0.494 e. The molecule has 0 aliphatic rings. The Morgan fingerprint density at radius 2 is 1.73 bits per heavy atom. The molecule has 0 bridgehead atoms. The fourth-order valence-electron chi connectivity index (χ4n) is 3.45. The summed E-state index contributed by atoms with van der Waals surface area (Å²) in [4.78, 5) is 12.5. The van der Waals surface area contributed by atoms with Gasteiger partial charge in [-0.2, -0.15) is 5.10 Å². The molecule has 0 spiro atoms. The maximum absolute atomic E-state index is 12.5. The SMILES string of the molecule is CCOc1ccc(-n2c(SCC(=O)N/N=C\c3ccccc3OCC)nnc2-c2ccc(Cl)cc2)cc1. The molecule has 0 saturated carbocycles. The minimum absolute atomic E-state index is 0.0974. The third-order valence-electron chi connectivity index (χ3n) is 5.09. The van der Waals surface area contributed by atoms with Gasteiger partial charge in [0.05, 0.1) is 25.2 Å². The molecule has 4 rings (SSSR count). The second kappa shape index (κ2) is 12.9. The number of halogens is 1. The smallest absolute Gasteiger partial charge is 0.250 e. The van der Waals surface area contributed by atoms with Crippen LogP contribution in [-0.4, -0.2) is 45.9 Å². The highest BCUT2D eigenvalue weighted by atomic mass is 35.5. The molecular formula is C27H26ClN5O3S. The van der Waals surface area contributed by atoms with Gasteiger partial charge < -0.3 is 9.47 Å². The van der Waals surface area contributed by atoms with Crippen LogP contribution >= 0.6 is 23.4 Å². The summed E-state index contributed by atoms with van der Waals surface area (Å²) < 4.78 is 13.1. The van der Waals surface area contributed by atoms with Gasteiger partial charge in [-0.15, -0.1) is 10.2 Å². The van der Waals surface area contributed by atoms with Crippen LogP contribution in [0.2, 0.25) is 5.02 Å². The van der Waals surface area contributed by atoms with Gasteiger partial charge in [0, 0.05) is 21.8 Å². The molecule has 190 valence electrons. The molecule has 37 heavy (non-hydrogen) atoms. The van der Waals surface area contributed by atoms with Gasteiger partial charge in [-0.1, -0.05) is 35.5 Å². The van der Waals surface area contributed by atoms with E-state index >= 15 is 0 Å². The summed E-state index contributed by atoms with van der Waals surface area (Å²) in [5, 5.41) is 14.0. The monoisotopic (exact) mass is 535 g/mol. The number of benzene rings is 3. The van der Waals surface area contributed by atoms with Gasteiger partial charge in [0.25, 0.3) is 5.91 Å². The molecule has 3 aromatic carbocycles. The van der Waals surface area contributed by atoms with E-state index in [0.29, 0.717) is 35.0 Å². The number of ether oxygens (including phenoxy) is 2. The number of hydrogen-bond acceptors (Lipinski definition) is 7.